The number of hydrogen-bond acceptors (Lipinski definition) is 6. The number of halogens is 3. The lowest BCUT2D eigenvalue weighted by Gasteiger charge is -2.20. The highest BCUT2D eigenvalue weighted by Gasteiger charge is 2.36. The van der Waals surface area contributed by atoms with E-state index in [4.69, 9.17) is 23.1 Å². The number of alkyl halides is 3. The van der Waals surface area contributed by atoms with Gasteiger partial charge in [-0.15, -0.1) is 0 Å². The first-order valence-corrected chi connectivity index (χ1v) is 8.31. The van der Waals surface area contributed by atoms with Crippen molar-refractivity contribution in [3.05, 3.63) is 23.2 Å². The molecule has 0 aliphatic heterocycles. The Labute approximate surface area is 138 Å². The molecule has 0 saturated heterocycles. The van der Waals surface area contributed by atoms with E-state index in [0.717, 1.165) is 18.8 Å². The molecule has 1 aromatic rings. The quantitative estimate of drug-likeness (QED) is 0.448. The van der Waals surface area contributed by atoms with Gasteiger partial charge >= 0.3 is 11.2 Å². The Kier molecular flexibility index (Phi) is 8.49. The summed E-state index contributed by atoms with van der Waals surface area (Å²) in [4.78, 5) is 5.41. The molecule has 0 N–H and O–H groups in total. The molecule has 0 atom stereocenters. The van der Waals surface area contributed by atoms with E-state index in [-0.39, 0.29) is 0 Å². The zero-order chi connectivity index (χ0) is 19.0. The second-order valence-electron chi connectivity index (χ2n) is 4.26. The van der Waals surface area contributed by atoms with E-state index in [1.807, 2.05) is 19.1 Å². The first-order chi connectivity index (χ1) is 11.0. The lowest BCUT2D eigenvalue weighted by atomic mass is 10.2. The molecular weight excluding hydrogens is 351 g/mol. The summed E-state index contributed by atoms with van der Waals surface area (Å²) in [6.45, 7) is 8.56. The molecule has 11 heteroatoms. The minimum Gasteiger partial charge on any atom is -0.741 e. The van der Waals surface area contributed by atoms with Gasteiger partial charge in [0, 0.05) is 30.9 Å². The number of hydrogen-bond donors (Lipinski definition) is 0. The maximum atomic E-state index is 10.7. The molecule has 0 unspecified atom stereocenters. The number of benzene rings is 1. The van der Waals surface area contributed by atoms with E-state index in [1.54, 1.807) is 6.07 Å². The third-order valence-corrected chi connectivity index (χ3v) is 3.33. The molecule has 0 aliphatic rings. The van der Waals surface area contributed by atoms with Crippen LogP contribution in [0.5, 0.6) is 5.75 Å². The molecule has 0 heterocycles. The van der Waals surface area contributed by atoms with Gasteiger partial charge in [-0.05, 0) is 26.8 Å². The smallest absolute Gasteiger partial charge is 0.485 e. The van der Waals surface area contributed by atoms with Crippen molar-refractivity contribution >= 4 is 21.5 Å². The van der Waals surface area contributed by atoms with E-state index in [0.29, 0.717) is 18.0 Å². The van der Waals surface area contributed by atoms with Gasteiger partial charge in [-0.25, -0.2) is 8.42 Å². The third-order valence-electron chi connectivity index (χ3n) is 2.76. The van der Waals surface area contributed by atoms with Crippen LogP contribution in [0, 0.1) is 5.39 Å². The number of rotatable bonds is 5. The second-order valence-corrected chi connectivity index (χ2v) is 5.63. The van der Waals surface area contributed by atoms with Gasteiger partial charge in [-0.2, -0.15) is 13.2 Å². The average molecular weight is 369 g/mol. The molecule has 0 bridgehead atoms. The van der Waals surface area contributed by atoms with E-state index in [2.05, 4.69) is 23.7 Å². The molecule has 0 aromatic heterocycles. The summed E-state index contributed by atoms with van der Waals surface area (Å²) < 4.78 is 64.3. The highest BCUT2D eigenvalue weighted by atomic mass is 32.2. The first-order valence-electron chi connectivity index (χ1n) is 6.90. The Bertz CT molecular complexity index is 668. The Morgan fingerprint density at radius 2 is 1.75 bits per heavy atom. The van der Waals surface area contributed by atoms with Crippen LogP contribution in [0.1, 0.15) is 20.8 Å². The van der Waals surface area contributed by atoms with Crippen molar-refractivity contribution in [2.75, 3.05) is 24.6 Å². The van der Waals surface area contributed by atoms with Gasteiger partial charge in [-0.1, -0.05) is 0 Å². The lowest BCUT2D eigenvalue weighted by Crippen LogP contribution is -2.21. The summed E-state index contributed by atoms with van der Waals surface area (Å²) in [6.07, 6.45) is 0. The topological polar surface area (TPSA) is 97.8 Å². The molecule has 0 aliphatic carbocycles. The Hall–Kier alpha value is -2.06. The SMILES string of the molecule is CCOc1cc(N(CC)CC)ccc1[N+]#N.O=S(=O)([O-])C(F)(F)F. The van der Waals surface area contributed by atoms with Gasteiger partial charge in [0.1, 0.15) is 0 Å². The van der Waals surface area contributed by atoms with Crippen molar-refractivity contribution in [1.29, 1.82) is 5.39 Å². The monoisotopic (exact) mass is 369 g/mol. The van der Waals surface area contributed by atoms with E-state index < -0.39 is 15.6 Å². The van der Waals surface area contributed by atoms with Crippen molar-refractivity contribution in [1.82, 2.24) is 0 Å². The molecule has 24 heavy (non-hydrogen) atoms. The number of diazo groups is 1. The molecule has 0 spiro atoms. The minimum absolute atomic E-state index is 0.470. The summed E-state index contributed by atoms with van der Waals surface area (Å²) in [5.74, 6) is 0.620. The van der Waals surface area contributed by atoms with E-state index in [9.17, 15) is 13.2 Å². The highest BCUT2D eigenvalue weighted by Crippen LogP contribution is 2.32. The van der Waals surface area contributed by atoms with Gasteiger partial charge < -0.3 is 14.2 Å². The number of ether oxygens (including phenoxy) is 1. The van der Waals surface area contributed by atoms with Gasteiger partial charge in [-0.3, -0.25) is 0 Å². The fourth-order valence-corrected chi connectivity index (χ4v) is 1.64. The third kappa shape index (κ3) is 6.59. The summed E-state index contributed by atoms with van der Waals surface area (Å²) in [6, 6.07) is 5.61. The molecule has 136 valence electrons. The Morgan fingerprint density at radius 1 is 1.25 bits per heavy atom. The fraction of sp³-hybridized carbons (Fsp3) is 0.538. The van der Waals surface area contributed by atoms with Crippen LogP contribution < -0.4 is 9.64 Å². The summed E-state index contributed by atoms with van der Waals surface area (Å²) in [5, 5.41) is 8.82. The summed E-state index contributed by atoms with van der Waals surface area (Å²) in [7, 11) is -6.09. The van der Waals surface area contributed by atoms with Gasteiger partial charge in [0.15, 0.2) is 15.1 Å². The van der Waals surface area contributed by atoms with Crippen LogP contribution in [0.4, 0.5) is 24.5 Å². The van der Waals surface area contributed by atoms with Crippen LogP contribution in [-0.2, 0) is 10.1 Å². The molecule has 0 amide bonds. The van der Waals surface area contributed by atoms with E-state index >= 15 is 0 Å². The van der Waals surface area contributed by atoms with Crippen LogP contribution in [0.15, 0.2) is 18.2 Å². The van der Waals surface area contributed by atoms with Crippen LogP contribution in [0.3, 0.4) is 0 Å². The highest BCUT2D eigenvalue weighted by molar-refractivity contribution is 7.86. The molecule has 1 rings (SSSR count). The summed E-state index contributed by atoms with van der Waals surface area (Å²) >= 11 is 0. The van der Waals surface area contributed by atoms with Crippen LogP contribution in [-0.4, -0.2) is 38.2 Å². The predicted octanol–water partition coefficient (Wildman–Crippen LogP) is 3.47. The number of anilines is 1. The maximum absolute atomic E-state index is 10.7. The van der Waals surface area contributed by atoms with Gasteiger partial charge in [0.05, 0.1) is 6.61 Å². The second kappa shape index (κ2) is 9.29. The largest absolute Gasteiger partial charge is 0.741 e. The molecule has 7 nitrogen and oxygen atoms in total. The van der Waals surface area contributed by atoms with Gasteiger partial charge in [0.25, 0.3) is 0 Å². The van der Waals surface area contributed by atoms with Crippen LogP contribution >= 0.6 is 0 Å². The zero-order valence-electron chi connectivity index (χ0n) is 13.4. The first kappa shape index (κ1) is 21.9. The fourth-order valence-electron chi connectivity index (χ4n) is 1.64. The maximum Gasteiger partial charge on any atom is 0.485 e. The Balaban J connectivity index is 0.000000561. The van der Waals surface area contributed by atoms with Crippen LogP contribution in [0.25, 0.3) is 4.98 Å². The van der Waals surface area contributed by atoms with Crippen molar-refractivity contribution in [3.63, 3.8) is 0 Å². The lowest BCUT2D eigenvalue weighted by molar-refractivity contribution is -0.0517. The Morgan fingerprint density at radius 3 is 2.08 bits per heavy atom. The molecule has 0 radical (unpaired) electrons. The molecule has 0 saturated carbocycles. The number of nitrogens with zero attached hydrogens (tertiary/aromatic N) is 3. The van der Waals surface area contributed by atoms with Crippen molar-refractivity contribution in [3.8, 4) is 5.75 Å². The van der Waals surface area contributed by atoms with Gasteiger partial charge in [0.2, 0.25) is 11.1 Å². The predicted molar refractivity (Wildman–Crippen MR) is 81.7 cm³/mol. The normalized spacial score (nSPS) is 11.1. The minimum atomic E-state index is -6.09. The van der Waals surface area contributed by atoms with E-state index in [1.165, 1.54) is 0 Å². The molecular formula is C13H18F3N3O4S. The van der Waals surface area contributed by atoms with Crippen molar-refractivity contribution in [2.24, 2.45) is 0 Å². The van der Waals surface area contributed by atoms with Crippen molar-refractivity contribution < 1.29 is 30.9 Å². The standard InChI is InChI=1S/C12H18N3O.CHF3O3S/c1-4-15(5-2)10-7-8-11(14-13)12(9-10)16-6-3;2-1(3,4)8(5,6)7/h7-9H,4-6H2,1-3H3;(H,5,6,7)/q+1;/p-1. The van der Waals surface area contributed by atoms with Crippen molar-refractivity contribution in [2.45, 2.75) is 26.3 Å². The summed E-state index contributed by atoms with van der Waals surface area (Å²) in [5.41, 5.74) is -4.09. The average Bonchev–Trinajstić information content (AvgIpc) is 2.48. The zero-order valence-corrected chi connectivity index (χ0v) is 14.2. The molecule has 1 aromatic carbocycles. The molecule has 0 fully saturated rings. The van der Waals surface area contributed by atoms with Crippen LogP contribution in [0.2, 0.25) is 0 Å².